The average Bonchev–Trinajstić information content (AvgIpc) is 3.22. The van der Waals surface area contributed by atoms with Crippen LogP contribution >= 0.6 is 11.3 Å². The van der Waals surface area contributed by atoms with E-state index in [-0.39, 0.29) is 17.9 Å². The van der Waals surface area contributed by atoms with Crippen molar-refractivity contribution in [3.63, 3.8) is 0 Å². The molecule has 2 N–H and O–H groups in total. The summed E-state index contributed by atoms with van der Waals surface area (Å²) in [6.45, 7) is 0.114. The lowest BCUT2D eigenvalue weighted by Gasteiger charge is -2.06. The number of nitrogens with one attached hydrogen (secondary N) is 2. The van der Waals surface area contributed by atoms with Crippen LogP contribution in [0.25, 0.3) is 10.6 Å². The first kappa shape index (κ1) is 22.9. The summed E-state index contributed by atoms with van der Waals surface area (Å²) >= 11 is 1.25. The van der Waals surface area contributed by atoms with E-state index < -0.39 is 28.5 Å². The third-order valence-electron chi connectivity index (χ3n) is 4.22. The van der Waals surface area contributed by atoms with Crippen molar-refractivity contribution in [3.8, 4) is 10.6 Å². The number of halogens is 3. The van der Waals surface area contributed by atoms with Crippen LogP contribution in [0, 0.1) is 10.1 Å². The van der Waals surface area contributed by atoms with E-state index >= 15 is 0 Å². The first-order valence-electron chi connectivity index (χ1n) is 9.09. The van der Waals surface area contributed by atoms with Crippen LogP contribution in [-0.4, -0.2) is 28.3 Å². The molecule has 12 heteroatoms. The molecule has 3 aromatic rings. The van der Waals surface area contributed by atoms with Crippen molar-refractivity contribution in [2.75, 3.05) is 11.9 Å². The van der Waals surface area contributed by atoms with Gasteiger partial charge in [0.05, 0.1) is 16.2 Å². The third-order valence-corrected chi connectivity index (χ3v) is 5.16. The van der Waals surface area contributed by atoms with Gasteiger partial charge in [-0.1, -0.05) is 12.1 Å². The van der Waals surface area contributed by atoms with Gasteiger partial charge in [0.15, 0.2) is 0 Å². The first-order valence-corrected chi connectivity index (χ1v) is 9.97. The Kier molecular flexibility index (Phi) is 6.83. The molecule has 1 heterocycles. The van der Waals surface area contributed by atoms with Gasteiger partial charge in [-0.3, -0.25) is 19.7 Å². The number of nitro benzene ring substituents is 1. The highest BCUT2D eigenvalue weighted by Gasteiger charge is 2.30. The molecule has 1 aromatic heterocycles. The number of hydrogen-bond acceptors (Lipinski definition) is 6. The minimum absolute atomic E-state index is 0.114. The van der Waals surface area contributed by atoms with Gasteiger partial charge in [0.1, 0.15) is 5.01 Å². The number of nitrogens with zero attached hydrogens (tertiary/aromatic N) is 2. The normalized spacial score (nSPS) is 11.1. The maximum atomic E-state index is 12.7. The SMILES string of the molecule is O=C(NCCc1csc(-c2ccc(C(F)(F)F)cc2)n1)C(=O)Nc1ccc([N+](=O)[O-])cc1. The number of nitro groups is 1. The quantitative estimate of drug-likeness (QED) is 0.325. The number of non-ortho nitro benzene ring substituents is 1. The molecule has 32 heavy (non-hydrogen) atoms. The van der Waals surface area contributed by atoms with Gasteiger partial charge in [-0.15, -0.1) is 11.3 Å². The van der Waals surface area contributed by atoms with Crippen LogP contribution in [0.5, 0.6) is 0 Å². The summed E-state index contributed by atoms with van der Waals surface area (Å²) in [7, 11) is 0. The fourth-order valence-corrected chi connectivity index (χ4v) is 3.46. The van der Waals surface area contributed by atoms with E-state index in [4.69, 9.17) is 0 Å². The fraction of sp³-hybridized carbons (Fsp3) is 0.150. The lowest BCUT2D eigenvalue weighted by atomic mass is 10.1. The zero-order valence-electron chi connectivity index (χ0n) is 16.2. The molecule has 0 spiro atoms. The van der Waals surface area contributed by atoms with Gasteiger partial charge in [-0.05, 0) is 24.3 Å². The highest BCUT2D eigenvalue weighted by Crippen LogP contribution is 2.31. The number of thiazole rings is 1. The predicted molar refractivity (Wildman–Crippen MR) is 111 cm³/mol. The molecule has 0 aliphatic heterocycles. The topological polar surface area (TPSA) is 114 Å². The van der Waals surface area contributed by atoms with Crippen LogP contribution in [0.3, 0.4) is 0 Å². The number of benzene rings is 2. The van der Waals surface area contributed by atoms with E-state index in [2.05, 4.69) is 15.6 Å². The van der Waals surface area contributed by atoms with Crippen molar-refractivity contribution in [3.05, 3.63) is 75.3 Å². The van der Waals surface area contributed by atoms with Crippen molar-refractivity contribution < 1.29 is 27.7 Å². The Balaban J connectivity index is 1.49. The van der Waals surface area contributed by atoms with Gasteiger partial charge in [0, 0.05) is 41.7 Å². The second-order valence-corrected chi connectivity index (χ2v) is 7.34. The summed E-state index contributed by atoms with van der Waals surface area (Å²) in [5.41, 5.74) is 0.497. The van der Waals surface area contributed by atoms with E-state index in [0.29, 0.717) is 22.7 Å². The summed E-state index contributed by atoms with van der Waals surface area (Å²) in [6.07, 6.45) is -4.09. The molecule has 2 aromatic carbocycles. The summed E-state index contributed by atoms with van der Waals surface area (Å²) < 4.78 is 38.0. The fourth-order valence-electron chi connectivity index (χ4n) is 2.59. The molecular formula is C20H15F3N4O4S. The maximum absolute atomic E-state index is 12.7. The van der Waals surface area contributed by atoms with Crippen molar-refractivity contribution in [1.29, 1.82) is 0 Å². The molecule has 0 aliphatic carbocycles. The standard InChI is InChI=1S/C20H15F3N4O4S/c21-20(22,23)13-3-1-12(2-4-13)19-26-15(11-32-19)9-10-24-17(28)18(29)25-14-5-7-16(8-6-14)27(30)31/h1-8,11H,9-10H2,(H,24,28)(H,25,29). The molecular weight excluding hydrogens is 449 g/mol. The van der Waals surface area contributed by atoms with Crippen LogP contribution in [0.4, 0.5) is 24.5 Å². The van der Waals surface area contributed by atoms with E-state index in [0.717, 1.165) is 12.1 Å². The molecule has 0 saturated carbocycles. The Hall–Kier alpha value is -3.80. The van der Waals surface area contributed by atoms with Gasteiger partial charge < -0.3 is 10.6 Å². The number of amides is 2. The molecule has 3 rings (SSSR count). The first-order chi connectivity index (χ1) is 15.1. The van der Waals surface area contributed by atoms with Gasteiger partial charge in [0.2, 0.25) is 0 Å². The van der Waals surface area contributed by atoms with Gasteiger partial charge in [-0.2, -0.15) is 13.2 Å². The minimum atomic E-state index is -4.41. The zero-order valence-corrected chi connectivity index (χ0v) is 17.0. The number of carbonyl (C=O) groups is 2. The summed E-state index contributed by atoms with van der Waals surface area (Å²) in [4.78, 5) is 38.2. The van der Waals surface area contributed by atoms with Crippen LogP contribution in [0.2, 0.25) is 0 Å². The Morgan fingerprint density at radius 3 is 2.28 bits per heavy atom. The molecule has 166 valence electrons. The van der Waals surface area contributed by atoms with Crippen LogP contribution < -0.4 is 10.6 Å². The summed E-state index contributed by atoms with van der Waals surface area (Å²) in [5, 5.41) is 17.6. The maximum Gasteiger partial charge on any atom is 0.416 e. The number of aromatic nitrogens is 1. The van der Waals surface area contributed by atoms with E-state index in [1.165, 1.54) is 47.7 Å². The van der Waals surface area contributed by atoms with Gasteiger partial charge in [0.25, 0.3) is 5.69 Å². The Bertz CT molecular complexity index is 1130. The summed E-state index contributed by atoms with van der Waals surface area (Å²) in [5.74, 6) is -1.82. The molecule has 0 aliphatic rings. The Morgan fingerprint density at radius 1 is 1.03 bits per heavy atom. The molecule has 0 bridgehead atoms. The van der Waals surface area contributed by atoms with Gasteiger partial charge in [-0.25, -0.2) is 4.98 Å². The molecule has 0 radical (unpaired) electrons. The van der Waals surface area contributed by atoms with Crippen molar-refractivity contribution >= 4 is 34.5 Å². The second-order valence-electron chi connectivity index (χ2n) is 6.48. The molecule has 0 fully saturated rings. The Labute approximate surface area is 183 Å². The van der Waals surface area contributed by atoms with E-state index in [9.17, 15) is 32.9 Å². The minimum Gasteiger partial charge on any atom is -0.347 e. The third kappa shape index (κ3) is 5.88. The monoisotopic (exact) mass is 464 g/mol. The second kappa shape index (κ2) is 9.56. The average molecular weight is 464 g/mol. The predicted octanol–water partition coefficient (Wildman–Crippen LogP) is 4.03. The zero-order chi connectivity index (χ0) is 23.3. The van der Waals surface area contributed by atoms with Crippen molar-refractivity contribution in [2.24, 2.45) is 0 Å². The smallest absolute Gasteiger partial charge is 0.347 e. The lowest BCUT2D eigenvalue weighted by molar-refractivity contribution is -0.384. The van der Waals surface area contributed by atoms with Crippen molar-refractivity contribution in [1.82, 2.24) is 10.3 Å². The van der Waals surface area contributed by atoms with Crippen LogP contribution in [0.1, 0.15) is 11.3 Å². The number of alkyl halides is 3. The number of anilines is 1. The van der Waals surface area contributed by atoms with Gasteiger partial charge >= 0.3 is 18.0 Å². The molecule has 2 amide bonds. The number of carbonyl (C=O) groups excluding carboxylic acids is 2. The molecule has 0 atom stereocenters. The highest BCUT2D eigenvalue weighted by atomic mass is 32.1. The van der Waals surface area contributed by atoms with Crippen LogP contribution in [-0.2, 0) is 22.2 Å². The van der Waals surface area contributed by atoms with E-state index in [1.54, 1.807) is 5.38 Å². The van der Waals surface area contributed by atoms with Crippen LogP contribution in [0.15, 0.2) is 53.9 Å². The largest absolute Gasteiger partial charge is 0.416 e. The molecule has 0 unspecified atom stereocenters. The number of hydrogen-bond donors (Lipinski definition) is 2. The van der Waals surface area contributed by atoms with Crippen molar-refractivity contribution in [2.45, 2.75) is 12.6 Å². The molecule has 0 saturated heterocycles. The highest BCUT2D eigenvalue weighted by molar-refractivity contribution is 7.13. The molecule has 8 nitrogen and oxygen atoms in total. The Morgan fingerprint density at radius 2 is 1.69 bits per heavy atom. The lowest BCUT2D eigenvalue weighted by Crippen LogP contribution is -2.36. The number of rotatable bonds is 6. The van der Waals surface area contributed by atoms with E-state index in [1.807, 2.05) is 0 Å². The summed E-state index contributed by atoms with van der Waals surface area (Å²) in [6, 6.07) is 9.67.